The molecule has 1 heterocycles. The van der Waals surface area contributed by atoms with Crippen LogP contribution >= 0.6 is 8.20 Å². The standard InChI is InChI=1S/C15H27N2P/c1-12(2,3)11-16-17-15(18-11)13(4,5)9-8-10-14(15,6)7/h8-10H2,1-7H3. The fraction of sp³-hybridized carbons (Fsp3) is 0.933. The second-order valence-electron chi connectivity index (χ2n) is 8.18. The van der Waals surface area contributed by atoms with Crippen molar-refractivity contribution in [2.45, 2.75) is 73.0 Å². The van der Waals surface area contributed by atoms with Gasteiger partial charge in [-0.15, -0.1) is 0 Å². The third-order valence-electron chi connectivity index (χ3n) is 4.72. The third kappa shape index (κ3) is 1.88. The lowest BCUT2D eigenvalue weighted by Gasteiger charge is -2.53. The van der Waals surface area contributed by atoms with Gasteiger partial charge in [-0.2, -0.15) is 10.2 Å². The van der Waals surface area contributed by atoms with Crippen LogP contribution in [0, 0.1) is 16.2 Å². The Labute approximate surface area is 113 Å². The highest BCUT2D eigenvalue weighted by molar-refractivity contribution is 7.43. The molecule has 3 heteroatoms. The van der Waals surface area contributed by atoms with Crippen LogP contribution in [0.4, 0.5) is 0 Å². The SMILES string of the molecule is CC(C)(C)C1=PC2(N=N1)C(C)(C)CCCC2(C)C. The van der Waals surface area contributed by atoms with E-state index in [0.29, 0.717) is 0 Å². The Morgan fingerprint density at radius 2 is 1.50 bits per heavy atom. The predicted octanol–water partition coefficient (Wildman–Crippen LogP) is 5.51. The van der Waals surface area contributed by atoms with Gasteiger partial charge in [0.15, 0.2) is 0 Å². The molecule has 0 aromatic carbocycles. The minimum absolute atomic E-state index is 0.0130. The molecule has 18 heavy (non-hydrogen) atoms. The zero-order valence-electron chi connectivity index (χ0n) is 13.0. The predicted molar refractivity (Wildman–Crippen MR) is 80.4 cm³/mol. The molecular formula is C15H27N2P. The Balaban J connectivity index is 2.53. The maximum absolute atomic E-state index is 4.86. The van der Waals surface area contributed by atoms with Gasteiger partial charge in [0.2, 0.25) is 0 Å². The average molecular weight is 266 g/mol. The van der Waals surface area contributed by atoms with E-state index in [9.17, 15) is 0 Å². The molecule has 1 aliphatic carbocycles. The molecule has 0 unspecified atom stereocenters. The van der Waals surface area contributed by atoms with Gasteiger partial charge in [-0.25, -0.2) is 0 Å². The molecule has 0 radical (unpaired) electrons. The summed E-state index contributed by atoms with van der Waals surface area (Å²) in [5.41, 5.74) is 1.88. The fourth-order valence-corrected chi connectivity index (χ4v) is 5.10. The second kappa shape index (κ2) is 3.88. The quantitative estimate of drug-likeness (QED) is 0.517. The van der Waals surface area contributed by atoms with Crippen LogP contribution in [-0.2, 0) is 0 Å². The van der Waals surface area contributed by atoms with Gasteiger partial charge in [0.1, 0.15) is 5.28 Å². The molecule has 0 aromatic heterocycles. The zero-order chi connectivity index (χ0) is 13.8. The molecule has 1 aliphatic heterocycles. The summed E-state index contributed by atoms with van der Waals surface area (Å²) in [6.45, 7) is 16.3. The van der Waals surface area contributed by atoms with Crippen LogP contribution < -0.4 is 0 Å². The van der Waals surface area contributed by atoms with Gasteiger partial charge in [-0.05, 0) is 21.0 Å². The topological polar surface area (TPSA) is 24.7 Å². The van der Waals surface area contributed by atoms with Crippen molar-refractivity contribution < 1.29 is 0 Å². The molecule has 102 valence electrons. The van der Waals surface area contributed by atoms with Gasteiger partial charge in [-0.1, -0.05) is 54.9 Å². The summed E-state index contributed by atoms with van der Waals surface area (Å²) in [6.07, 6.45) is 3.84. The van der Waals surface area contributed by atoms with Crippen molar-refractivity contribution >= 4 is 13.6 Å². The lowest BCUT2D eigenvalue weighted by Crippen LogP contribution is -2.52. The minimum Gasteiger partial charge on any atom is -0.172 e. The highest BCUT2D eigenvalue weighted by Gasteiger charge is 2.59. The fourth-order valence-electron chi connectivity index (χ4n) is 3.45. The molecule has 2 nitrogen and oxygen atoms in total. The van der Waals surface area contributed by atoms with Crippen molar-refractivity contribution in [2.75, 3.05) is 0 Å². The maximum atomic E-state index is 4.86. The van der Waals surface area contributed by atoms with E-state index >= 15 is 0 Å². The Hall–Kier alpha value is -0.230. The average Bonchev–Trinajstić information content (AvgIpc) is 2.60. The van der Waals surface area contributed by atoms with Gasteiger partial charge < -0.3 is 0 Å². The minimum atomic E-state index is -0.0130. The van der Waals surface area contributed by atoms with E-state index in [1.165, 1.54) is 32.9 Å². The summed E-state index contributed by atoms with van der Waals surface area (Å²) in [5, 5.41) is 9.45. The van der Waals surface area contributed by atoms with Gasteiger partial charge in [0, 0.05) is 16.2 Å². The van der Waals surface area contributed by atoms with Crippen LogP contribution in [0.5, 0.6) is 0 Å². The van der Waals surface area contributed by atoms with Gasteiger partial charge >= 0.3 is 0 Å². The van der Waals surface area contributed by atoms with E-state index in [-0.39, 0.29) is 21.5 Å². The summed E-state index contributed by atoms with van der Waals surface area (Å²) in [6, 6.07) is 0. The second-order valence-corrected chi connectivity index (χ2v) is 9.47. The molecular weight excluding hydrogens is 239 g/mol. The molecule has 0 saturated heterocycles. The molecule has 1 fully saturated rings. The van der Waals surface area contributed by atoms with Crippen LogP contribution in [0.1, 0.15) is 67.7 Å². The highest BCUT2D eigenvalue weighted by atomic mass is 31.1. The largest absolute Gasteiger partial charge is 0.172 e. The Morgan fingerprint density at radius 3 is 1.89 bits per heavy atom. The first kappa shape index (κ1) is 14.2. The van der Waals surface area contributed by atoms with Crippen LogP contribution in [-0.4, -0.2) is 10.7 Å². The summed E-state index contributed by atoms with van der Waals surface area (Å²) >= 11 is 0. The van der Waals surface area contributed by atoms with E-state index in [2.05, 4.69) is 53.6 Å². The number of nitrogens with zero attached hydrogens (tertiary/aromatic N) is 2. The van der Waals surface area contributed by atoms with Crippen molar-refractivity contribution in [2.24, 2.45) is 26.5 Å². The van der Waals surface area contributed by atoms with Crippen LogP contribution in [0.15, 0.2) is 10.2 Å². The molecule has 2 rings (SSSR count). The summed E-state index contributed by atoms with van der Waals surface area (Å²) in [4.78, 5) is 0. The molecule has 0 amide bonds. The Morgan fingerprint density at radius 1 is 1.00 bits per heavy atom. The number of hydrogen-bond acceptors (Lipinski definition) is 2. The van der Waals surface area contributed by atoms with Gasteiger partial charge in [0.05, 0.1) is 5.42 Å². The Bertz CT molecular complexity index is 395. The lowest BCUT2D eigenvalue weighted by atomic mass is 9.61. The lowest BCUT2D eigenvalue weighted by molar-refractivity contribution is 0.0486. The van der Waals surface area contributed by atoms with E-state index in [1.807, 2.05) is 0 Å². The first-order valence-corrected chi connectivity index (χ1v) is 7.95. The van der Waals surface area contributed by atoms with Crippen molar-refractivity contribution in [3.63, 3.8) is 0 Å². The molecule has 0 atom stereocenters. The number of hydrogen-bond donors (Lipinski definition) is 0. The molecule has 0 bridgehead atoms. The third-order valence-corrected chi connectivity index (χ3v) is 7.31. The van der Waals surface area contributed by atoms with Crippen molar-refractivity contribution in [3.05, 3.63) is 0 Å². The Kier molecular flexibility index (Phi) is 3.06. The molecule has 0 aromatic rings. The highest BCUT2D eigenvalue weighted by Crippen LogP contribution is 2.64. The van der Waals surface area contributed by atoms with Gasteiger partial charge in [-0.3, -0.25) is 0 Å². The molecule has 1 spiro atoms. The monoisotopic (exact) mass is 266 g/mol. The van der Waals surface area contributed by atoms with Crippen molar-refractivity contribution in [3.8, 4) is 0 Å². The van der Waals surface area contributed by atoms with Crippen molar-refractivity contribution in [1.29, 1.82) is 0 Å². The summed E-state index contributed by atoms with van der Waals surface area (Å²) in [7, 11) is 1.35. The first-order chi connectivity index (χ1) is 8.02. The van der Waals surface area contributed by atoms with Crippen LogP contribution in [0.25, 0.3) is 0 Å². The maximum Gasteiger partial charge on any atom is 0.135 e. The van der Waals surface area contributed by atoms with E-state index < -0.39 is 0 Å². The van der Waals surface area contributed by atoms with Gasteiger partial charge in [0.25, 0.3) is 0 Å². The summed E-state index contributed by atoms with van der Waals surface area (Å²) < 4.78 is 0. The smallest absolute Gasteiger partial charge is 0.135 e. The van der Waals surface area contributed by atoms with Crippen LogP contribution in [0.2, 0.25) is 0 Å². The summed E-state index contributed by atoms with van der Waals surface area (Å²) in [5.74, 6) is 0. The van der Waals surface area contributed by atoms with Crippen LogP contribution in [0.3, 0.4) is 0 Å². The van der Waals surface area contributed by atoms with E-state index in [0.717, 1.165) is 0 Å². The molecule has 0 N–H and O–H groups in total. The first-order valence-electron chi connectivity index (χ1n) is 7.05. The zero-order valence-corrected chi connectivity index (χ0v) is 13.9. The molecule has 1 saturated carbocycles. The number of azo groups is 1. The molecule has 2 aliphatic rings. The van der Waals surface area contributed by atoms with Crippen molar-refractivity contribution in [1.82, 2.24) is 0 Å². The van der Waals surface area contributed by atoms with E-state index in [4.69, 9.17) is 5.11 Å². The van der Waals surface area contributed by atoms with E-state index in [1.54, 1.807) is 0 Å². The number of rotatable bonds is 0. The normalized spacial score (nSPS) is 29.4.